The van der Waals surface area contributed by atoms with Crippen molar-refractivity contribution in [3.8, 4) is 0 Å². The van der Waals surface area contributed by atoms with Crippen LogP contribution < -0.4 is 5.32 Å². The summed E-state index contributed by atoms with van der Waals surface area (Å²) in [6.07, 6.45) is 3.14. The van der Waals surface area contributed by atoms with Gasteiger partial charge in [-0.05, 0) is 44.4 Å². The minimum atomic E-state index is 0.136. The summed E-state index contributed by atoms with van der Waals surface area (Å²) in [5, 5.41) is 3.14. The SMILES string of the molecule is CCCCN(C(=O)c1ccc(C)cc1NC)C(C)CC. The lowest BCUT2D eigenvalue weighted by atomic mass is 10.1. The van der Waals surface area contributed by atoms with Crippen LogP contribution >= 0.6 is 0 Å². The molecule has 0 aliphatic rings. The van der Waals surface area contributed by atoms with E-state index >= 15 is 0 Å². The molecule has 3 heteroatoms. The van der Waals surface area contributed by atoms with Gasteiger partial charge >= 0.3 is 0 Å². The monoisotopic (exact) mass is 276 g/mol. The Morgan fingerprint density at radius 1 is 1.35 bits per heavy atom. The van der Waals surface area contributed by atoms with Gasteiger partial charge < -0.3 is 10.2 Å². The van der Waals surface area contributed by atoms with Gasteiger partial charge in [-0.2, -0.15) is 0 Å². The molecule has 1 aromatic carbocycles. The van der Waals surface area contributed by atoms with Crippen molar-refractivity contribution in [1.29, 1.82) is 0 Å². The van der Waals surface area contributed by atoms with E-state index in [1.165, 1.54) is 0 Å². The van der Waals surface area contributed by atoms with Crippen LogP contribution in [-0.2, 0) is 0 Å². The summed E-state index contributed by atoms with van der Waals surface area (Å²) < 4.78 is 0. The van der Waals surface area contributed by atoms with Crippen LogP contribution in [0.15, 0.2) is 18.2 Å². The molecule has 1 atom stereocenters. The third-order valence-electron chi connectivity index (χ3n) is 3.81. The Bertz CT molecular complexity index is 443. The van der Waals surface area contributed by atoms with Crippen molar-refractivity contribution in [2.45, 2.75) is 53.0 Å². The molecular weight excluding hydrogens is 248 g/mol. The first-order valence-electron chi connectivity index (χ1n) is 7.64. The van der Waals surface area contributed by atoms with E-state index < -0.39 is 0 Å². The number of hydrogen-bond acceptors (Lipinski definition) is 2. The van der Waals surface area contributed by atoms with Crippen LogP contribution in [0.25, 0.3) is 0 Å². The van der Waals surface area contributed by atoms with Gasteiger partial charge in [-0.1, -0.05) is 26.3 Å². The van der Waals surface area contributed by atoms with Crippen molar-refractivity contribution in [2.75, 3.05) is 18.9 Å². The number of carbonyl (C=O) groups excluding carboxylic acids is 1. The van der Waals surface area contributed by atoms with Crippen LogP contribution in [0.2, 0.25) is 0 Å². The van der Waals surface area contributed by atoms with E-state index in [4.69, 9.17) is 0 Å². The summed E-state index contributed by atoms with van der Waals surface area (Å²) >= 11 is 0. The molecule has 0 bridgehead atoms. The van der Waals surface area contributed by atoms with Crippen LogP contribution in [0, 0.1) is 6.92 Å². The summed E-state index contributed by atoms with van der Waals surface area (Å²) in [5.41, 5.74) is 2.85. The maximum atomic E-state index is 12.8. The molecule has 1 rings (SSSR count). The highest BCUT2D eigenvalue weighted by molar-refractivity contribution is 5.99. The number of aryl methyl sites for hydroxylation is 1. The molecule has 1 unspecified atom stereocenters. The largest absolute Gasteiger partial charge is 0.387 e. The summed E-state index contributed by atoms with van der Waals surface area (Å²) in [7, 11) is 1.87. The molecule has 1 amide bonds. The van der Waals surface area contributed by atoms with Gasteiger partial charge in [-0.15, -0.1) is 0 Å². The molecule has 0 radical (unpaired) electrons. The first-order valence-corrected chi connectivity index (χ1v) is 7.64. The standard InChI is InChI=1S/C17H28N2O/c1-6-8-11-19(14(4)7-2)17(20)15-10-9-13(3)12-16(15)18-5/h9-10,12,14,18H,6-8,11H2,1-5H3. The number of nitrogens with one attached hydrogen (secondary N) is 1. The Balaban J connectivity index is 3.04. The normalized spacial score (nSPS) is 12.1. The van der Waals surface area contributed by atoms with Crippen LogP contribution in [0.3, 0.4) is 0 Å². The number of amides is 1. The molecule has 0 aliphatic heterocycles. The van der Waals surface area contributed by atoms with Gasteiger partial charge in [0.2, 0.25) is 0 Å². The van der Waals surface area contributed by atoms with E-state index in [-0.39, 0.29) is 11.9 Å². The molecular formula is C17H28N2O. The Morgan fingerprint density at radius 3 is 2.60 bits per heavy atom. The number of nitrogens with zero attached hydrogens (tertiary/aromatic N) is 1. The molecule has 20 heavy (non-hydrogen) atoms. The zero-order chi connectivity index (χ0) is 15.1. The van der Waals surface area contributed by atoms with Gasteiger partial charge in [0.05, 0.1) is 5.56 Å². The van der Waals surface area contributed by atoms with Crippen LogP contribution in [0.4, 0.5) is 5.69 Å². The van der Waals surface area contributed by atoms with Gasteiger partial charge in [0.25, 0.3) is 5.91 Å². The second-order valence-electron chi connectivity index (χ2n) is 5.41. The maximum Gasteiger partial charge on any atom is 0.256 e. The molecule has 0 saturated carbocycles. The molecule has 0 spiro atoms. The fourth-order valence-corrected chi connectivity index (χ4v) is 2.28. The lowest BCUT2D eigenvalue weighted by Crippen LogP contribution is -2.39. The van der Waals surface area contributed by atoms with Gasteiger partial charge in [0.1, 0.15) is 0 Å². The van der Waals surface area contributed by atoms with Gasteiger partial charge in [0, 0.05) is 25.3 Å². The van der Waals surface area contributed by atoms with E-state index in [1.54, 1.807) is 0 Å². The Kier molecular flexibility index (Phi) is 6.56. The third kappa shape index (κ3) is 3.99. The minimum Gasteiger partial charge on any atom is -0.387 e. The number of benzene rings is 1. The van der Waals surface area contributed by atoms with Crippen LogP contribution in [-0.4, -0.2) is 30.4 Å². The molecule has 0 fully saturated rings. The first-order chi connectivity index (χ1) is 9.54. The summed E-state index contributed by atoms with van der Waals surface area (Å²) in [5.74, 6) is 0.136. The van der Waals surface area contributed by atoms with Crippen molar-refractivity contribution in [2.24, 2.45) is 0 Å². The van der Waals surface area contributed by atoms with E-state index in [2.05, 4.69) is 26.1 Å². The van der Waals surface area contributed by atoms with Gasteiger partial charge in [-0.25, -0.2) is 0 Å². The fourth-order valence-electron chi connectivity index (χ4n) is 2.28. The predicted molar refractivity (Wildman–Crippen MR) is 86.4 cm³/mol. The van der Waals surface area contributed by atoms with Crippen molar-refractivity contribution in [3.05, 3.63) is 29.3 Å². The highest BCUT2D eigenvalue weighted by Crippen LogP contribution is 2.21. The van der Waals surface area contributed by atoms with Crippen molar-refractivity contribution in [1.82, 2.24) is 4.90 Å². The van der Waals surface area contributed by atoms with Crippen molar-refractivity contribution < 1.29 is 4.79 Å². The lowest BCUT2D eigenvalue weighted by molar-refractivity contribution is 0.0686. The number of unbranched alkanes of at least 4 members (excludes halogenated alkanes) is 1. The molecule has 1 N–H and O–H groups in total. The zero-order valence-electron chi connectivity index (χ0n) is 13.5. The zero-order valence-corrected chi connectivity index (χ0v) is 13.5. The molecule has 0 aromatic heterocycles. The van der Waals surface area contributed by atoms with Crippen LogP contribution in [0.5, 0.6) is 0 Å². The summed E-state index contributed by atoms with van der Waals surface area (Å²) in [6.45, 7) is 9.29. The molecule has 1 aromatic rings. The molecule has 0 heterocycles. The topological polar surface area (TPSA) is 32.3 Å². The smallest absolute Gasteiger partial charge is 0.256 e. The Morgan fingerprint density at radius 2 is 2.05 bits per heavy atom. The molecule has 112 valence electrons. The van der Waals surface area contributed by atoms with E-state index in [0.717, 1.165) is 42.6 Å². The molecule has 3 nitrogen and oxygen atoms in total. The first kappa shape index (κ1) is 16.5. The minimum absolute atomic E-state index is 0.136. The summed E-state index contributed by atoms with van der Waals surface area (Å²) in [4.78, 5) is 14.8. The molecule has 0 saturated heterocycles. The second kappa shape index (κ2) is 7.93. The highest BCUT2D eigenvalue weighted by atomic mass is 16.2. The van der Waals surface area contributed by atoms with Gasteiger partial charge in [0.15, 0.2) is 0 Å². The fraction of sp³-hybridized carbons (Fsp3) is 0.588. The van der Waals surface area contributed by atoms with Crippen molar-refractivity contribution >= 4 is 11.6 Å². The second-order valence-corrected chi connectivity index (χ2v) is 5.41. The average Bonchev–Trinajstić information content (AvgIpc) is 2.46. The van der Waals surface area contributed by atoms with Crippen molar-refractivity contribution in [3.63, 3.8) is 0 Å². The quantitative estimate of drug-likeness (QED) is 0.814. The Hall–Kier alpha value is -1.51. The maximum absolute atomic E-state index is 12.8. The van der Waals surface area contributed by atoms with E-state index in [9.17, 15) is 4.79 Å². The third-order valence-corrected chi connectivity index (χ3v) is 3.81. The van der Waals surface area contributed by atoms with Crippen LogP contribution in [0.1, 0.15) is 56.0 Å². The summed E-state index contributed by atoms with van der Waals surface area (Å²) in [6, 6.07) is 6.25. The molecule has 0 aliphatic carbocycles. The average molecular weight is 276 g/mol. The lowest BCUT2D eigenvalue weighted by Gasteiger charge is -2.29. The number of rotatable bonds is 7. The number of hydrogen-bond donors (Lipinski definition) is 1. The predicted octanol–water partition coefficient (Wildman–Crippen LogP) is 4.08. The number of anilines is 1. The Labute approximate surface area is 123 Å². The number of carbonyl (C=O) groups is 1. The van der Waals surface area contributed by atoms with E-state index in [0.29, 0.717) is 0 Å². The van der Waals surface area contributed by atoms with E-state index in [1.807, 2.05) is 37.1 Å². The van der Waals surface area contributed by atoms with Gasteiger partial charge in [-0.3, -0.25) is 4.79 Å². The highest BCUT2D eigenvalue weighted by Gasteiger charge is 2.22.